The zero-order valence-corrected chi connectivity index (χ0v) is 15.8. The van der Waals surface area contributed by atoms with E-state index < -0.39 is 12.2 Å². The lowest BCUT2D eigenvalue weighted by Crippen LogP contribution is -2.17. The molecule has 1 aromatic rings. The quantitative estimate of drug-likeness (QED) is 0.677. The van der Waals surface area contributed by atoms with Gasteiger partial charge in [0.05, 0.1) is 13.2 Å². The second kappa shape index (κ2) is 10.6. The summed E-state index contributed by atoms with van der Waals surface area (Å²) in [5.41, 5.74) is 2.02. The van der Waals surface area contributed by atoms with E-state index in [-0.39, 0.29) is 0 Å². The predicted molar refractivity (Wildman–Crippen MR) is 100 cm³/mol. The fourth-order valence-electron chi connectivity index (χ4n) is 1.91. The normalized spacial score (nSPS) is 10.7. The monoisotopic (exact) mass is 350 g/mol. The van der Waals surface area contributed by atoms with E-state index in [1.54, 1.807) is 12.1 Å². The number of anilines is 2. The summed E-state index contributed by atoms with van der Waals surface area (Å²) in [6.07, 6.45) is 0.627. The Balaban J connectivity index is 2.54. The van der Waals surface area contributed by atoms with Crippen LogP contribution in [0.5, 0.6) is 0 Å². The van der Waals surface area contributed by atoms with E-state index in [2.05, 4.69) is 38.3 Å². The minimum absolute atomic E-state index is 0.378. The number of rotatable bonds is 8. The first kappa shape index (κ1) is 20.8. The van der Waals surface area contributed by atoms with Crippen molar-refractivity contribution in [3.8, 4) is 0 Å². The molecule has 6 nitrogen and oxygen atoms in total. The maximum atomic E-state index is 11.8. The largest absolute Gasteiger partial charge is 0.449 e. The third-order valence-corrected chi connectivity index (χ3v) is 3.58. The molecule has 0 fully saturated rings. The van der Waals surface area contributed by atoms with E-state index in [0.717, 1.165) is 18.4 Å². The van der Waals surface area contributed by atoms with Gasteiger partial charge in [-0.2, -0.15) is 0 Å². The van der Waals surface area contributed by atoms with Crippen molar-refractivity contribution < 1.29 is 19.1 Å². The van der Waals surface area contributed by atoms with Gasteiger partial charge in [0.1, 0.15) is 0 Å². The van der Waals surface area contributed by atoms with E-state index in [9.17, 15) is 9.59 Å². The van der Waals surface area contributed by atoms with E-state index >= 15 is 0 Å². The summed E-state index contributed by atoms with van der Waals surface area (Å²) in [6.45, 7) is 10.9. The molecule has 0 spiro atoms. The highest BCUT2D eigenvalue weighted by atomic mass is 16.6. The van der Waals surface area contributed by atoms with Crippen molar-refractivity contribution in [2.45, 2.75) is 47.5 Å². The summed E-state index contributed by atoms with van der Waals surface area (Å²) in [5, 5.41) is 5.36. The van der Waals surface area contributed by atoms with Gasteiger partial charge in [-0.3, -0.25) is 10.6 Å². The van der Waals surface area contributed by atoms with Crippen LogP contribution in [-0.4, -0.2) is 25.4 Å². The van der Waals surface area contributed by atoms with E-state index in [1.807, 2.05) is 13.0 Å². The summed E-state index contributed by atoms with van der Waals surface area (Å²) in [6, 6.07) is 5.25. The number of carbonyl (C=O) groups excluding carboxylic acids is 2. The smallest absolute Gasteiger partial charge is 0.411 e. The van der Waals surface area contributed by atoms with Crippen LogP contribution in [0.25, 0.3) is 0 Å². The first-order chi connectivity index (χ1) is 11.8. The van der Waals surface area contributed by atoms with Crippen LogP contribution < -0.4 is 10.6 Å². The maximum absolute atomic E-state index is 11.8. The number of nitrogens with one attached hydrogen (secondary N) is 2. The molecule has 25 heavy (non-hydrogen) atoms. The molecule has 1 rings (SSSR count). The molecule has 0 atom stereocenters. The second-order valence-corrected chi connectivity index (χ2v) is 6.92. The molecule has 0 bridgehead atoms. The van der Waals surface area contributed by atoms with E-state index in [4.69, 9.17) is 9.47 Å². The van der Waals surface area contributed by atoms with Gasteiger partial charge in [-0.15, -0.1) is 0 Å². The number of amides is 2. The topological polar surface area (TPSA) is 76.7 Å². The number of ether oxygens (including phenoxy) is 2. The maximum Gasteiger partial charge on any atom is 0.411 e. The average molecular weight is 350 g/mol. The van der Waals surface area contributed by atoms with Gasteiger partial charge in [-0.05, 0) is 49.3 Å². The first-order valence-corrected chi connectivity index (χ1v) is 8.76. The molecule has 6 heteroatoms. The van der Waals surface area contributed by atoms with Gasteiger partial charge >= 0.3 is 12.2 Å². The molecule has 0 aromatic heterocycles. The Bertz CT molecular complexity index is 571. The van der Waals surface area contributed by atoms with Gasteiger partial charge in [0.15, 0.2) is 0 Å². The number of benzene rings is 1. The zero-order valence-electron chi connectivity index (χ0n) is 15.8. The number of hydrogen-bond donors (Lipinski definition) is 2. The van der Waals surface area contributed by atoms with Crippen LogP contribution in [0.3, 0.4) is 0 Å². The molecule has 0 saturated carbocycles. The van der Waals surface area contributed by atoms with Crippen molar-refractivity contribution in [1.82, 2.24) is 0 Å². The highest BCUT2D eigenvalue weighted by Crippen LogP contribution is 2.21. The van der Waals surface area contributed by atoms with Crippen molar-refractivity contribution in [2.75, 3.05) is 23.8 Å². The van der Waals surface area contributed by atoms with Crippen molar-refractivity contribution in [1.29, 1.82) is 0 Å². The zero-order chi connectivity index (χ0) is 18.8. The highest BCUT2D eigenvalue weighted by molar-refractivity contribution is 5.89. The van der Waals surface area contributed by atoms with Crippen LogP contribution in [0.15, 0.2) is 18.2 Å². The molecule has 0 radical (unpaired) electrons. The Kier molecular flexibility index (Phi) is 8.81. The molecule has 0 unspecified atom stereocenters. The predicted octanol–water partition coefficient (Wildman–Crippen LogP) is 5.18. The lowest BCUT2D eigenvalue weighted by molar-refractivity contribution is 0.154. The third kappa shape index (κ3) is 8.98. The fourth-order valence-corrected chi connectivity index (χ4v) is 1.91. The van der Waals surface area contributed by atoms with Crippen LogP contribution in [0.4, 0.5) is 21.0 Å². The minimum atomic E-state index is -0.505. The van der Waals surface area contributed by atoms with Crippen LogP contribution in [0, 0.1) is 18.8 Å². The third-order valence-electron chi connectivity index (χ3n) is 3.58. The van der Waals surface area contributed by atoms with Crippen LogP contribution in [-0.2, 0) is 9.47 Å². The van der Waals surface area contributed by atoms with Gasteiger partial charge in [0.25, 0.3) is 0 Å². The Labute approximate surface area is 150 Å². The van der Waals surface area contributed by atoms with Crippen molar-refractivity contribution in [2.24, 2.45) is 11.8 Å². The Morgan fingerprint density at radius 2 is 1.44 bits per heavy atom. The molecule has 0 heterocycles. The molecule has 2 N–H and O–H groups in total. The minimum Gasteiger partial charge on any atom is -0.449 e. The van der Waals surface area contributed by atoms with Crippen molar-refractivity contribution >= 4 is 23.6 Å². The van der Waals surface area contributed by atoms with Crippen LogP contribution >= 0.6 is 0 Å². The summed E-state index contributed by atoms with van der Waals surface area (Å²) in [4.78, 5) is 23.6. The molecular formula is C19H30N2O4. The first-order valence-electron chi connectivity index (χ1n) is 8.76. The number of aryl methyl sites for hydroxylation is 1. The van der Waals surface area contributed by atoms with Crippen molar-refractivity contribution in [3.63, 3.8) is 0 Å². The average Bonchev–Trinajstić information content (AvgIpc) is 2.49. The summed E-state index contributed by atoms with van der Waals surface area (Å²) < 4.78 is 10.3. The van der Waals surface area contributed by atoms with Gasteiger partial charge in [-0.1, -0.05) is 33.8 Å². The molecule has 0 aliphatic rings. The van der Waals surface area contributed by atoms with Gasteiger partial charge < -0.3 is 9.47 Å². The van der Waals surface area contributed by atoms with Gasteiger partial charge in [-0.25, -0.2) is 9.59 Å². The van der Waals surface area contributed by atoms with E-state index in [0.29, 0.717) is 36.4 Å². The fraction of sp³-hybridized carbons (Fsp3) is 0.579. The van der Waals surface area contributed by atoms with Crippen LogP contribution in [0.1, 0.15) is 46.1 Å². The molecular weight excluding hydrogens is 320 g/mol. The van der Waals surface area contributed by atoms with E-state index in [1.165, 1.54) is 0 Å². The number of carbonyl (C=O) groups is 2. The summed E-state index contributed by atoms with van der Waals surface area (Å²) in [7, 11) is 0. The van der Waals surface area contributed by atoms with Gasteiger partial charge in [0.2, 0.25) is 0 Å². The second-order valence-electron chi connectivity index (χ2n) is 6.92. The molecule has 140 valence electrons. The van der Waals surface area contributed by atoms with Crippen molar-refractivity contribution in [3.05, 3.63) is 23.8 Å². The van der Waals surface area contributed by atoms with Crippen LogP contribution in [0.2, 0.25) is 0 Å². The molecule has 0 aliphatic carbocycles. The SMILES string of the molecule is Cc1ccc(NC(=O)OCCC(C)C)cc1NC(=O)OCCC(C)C. The molecule has 0 aliphatic heterocycles. The lowest BCUT2D eigenvalue weighted by Gasteiger charge is -2.13. The Morgan fingerprint density at radius 1 is 0.920 bits per heavy atom. The molecule has 1 aromatic carbocycles. The Hall–Kier alpha value is -2.24. The Morgan fingerprint density at radius 3 is 1.96 bits per heavy atom. The van der Waals surface area contributed by atoms with Gasteiger partial charge in [0, 0.05) is 11.4 Å². The lowest BCUT2D eigenvalue weighted by atomic mass is 10.1. The standard InChI is InChI=1S/C19H30N2O4/c1-13(2)8-10-24-18(22)20-16-7-6-15(5)17(12-16)21-19(23)25-11-9-14(3)4/h6-7,12-14H,8-11H2,1-5H3,(H,20,22)(H,21,23). The summed E-state index contributed by atoms with van der Waals surface area (Å²) in [5.74, 6) is 0.952. The number of hydrogen-bond acceptors (Lipinski definition) is 4. The molecule has 2 amide bonds. The summed E-state index contributed by atoms with van der Waals surface area (Å²) >= 11 is 0. The molecule has 0 saturated heterocycles. The highest BCUT2D eigenvalue weighted by Gasteiger charge is 2.09.